The predicted molar refractivity (Wildman–Crippen MR) is 59.1 cm³/mol. The maximum atomic E-state index is 13.3. The lowest BCUT2D eigenvalue weighted by atomic mass is 10.1. The number of hydrogen-bond donors (Lipinski definition) is 0. The maximum Gasteiger partial charge on any atom is 0.330 e. The van der Waals surface area contributed by atoms with Crippen LogP contribution in [0.2, 0.25) is 0 Å². The second-order valence-electron chi connectivity index (χ2n) is 3.83. The molecule has 0 saturated heterocycles. The van der Waals surface area contributed by atoms with Crippen molar-refractivity contribution in [3.63, 3.8) is 0 Å². The minimum absolute atomic E-state index is 0.0910. The zero-order chi connectivity index (χ0) is 15.3. The van der Waals surface area contributed by atoms with E-state index < -0.39 is 37.2 Å². The van der Waals surface area contributed by atoms with Crippen LogP contribution >= 0.6 is 0 Å². The highest BCUT2D eigenvalue weighted by Crippen LogP contribution is 2.23. The van der Waals surface area contributed by atoms with Gasteiger partial charge >= 0.3 is 12.3 Å². The molecular weight excluding hydrogens is 287 g/mol. The Hall–Kier alpha value is -1.70. The maximum absolute atomic E-state index is 13.3. The Morgan fingerprint density at radius 1 is 1.35 bits per heavy atom. The highest BCUT2D eigenvalue weighted by Gasteiger charge is 2.41. The van der Waals surface area contributed by atoms with Crippen LogP contribution in [-0.4, -0.2) is 38.5 Å². The highest BCUT2D eigenvalue weighted by molar-refractivity contribution is 5.97. The predicted octanol–water partition coefficient (Wildman–Crippen LogP) is 2.93. The van der Waals surface area contributed by atoms with Crippen LogP contribution < -0.4 is 4.74 Å². The summed E-state index contributed by atoms with van der Waals surface area (Å²) in [6, 6.07) is 3.23. The van der Waals surface area contributed by atoms with Crippen molar-refractivity contribution in [3.8, 4) is 5.75 Å². The van der Waals surface area contributed by atoms with Gasteiger partial charge in [-0.1, -0.05) is 0 Å². The van der Waals surface area contributed by atoms with Crippen molar-refractivity contribution in [1.29, 1.82) is 0 Å². The van der Waals surface area contributed by atoms with Crippen LogP contribution in [-0.2, 0) is 4.74 Å². The molecule has 0 radical (unpaired) electrons. The largest absolute Gasteiger partial charge is 0.494 e. The molecule has 8 heteroatoms. The topological polar surface area (TPSA) is 35.5 Å². The Morgan fingerprint density at radius 2 is 2.00 bits per heavy atom. The zero-order valence-corrected chi connectivity index (χ0v) is 10.3. The summed E-state index contributed by atoms with van der Waals surface area (Å²) < 4.78 is 70.8. The van der Waals surface area contributed by atoms with Crippen LogP contribution in [0.4, 0.5) is 22.0 Å². The van der Waals surface area contributed by atoms with E-state index in [1.165, 1.54) is 19.2 Å². The summed E-state index contributed by atoms with van der Waals surface area (Å²) >= 11 is 0. The molecule has 0 aliphatic heterocycles. The van der Waals surface area contributed by atoms with Crippen molar-refractivity contribution in [2.45, 2.75) is 12.3 Å². The molecule has 0 bridgehead atoms. The second-order valence-corrected chi connectivity index (χ2v) is 3.83. The Morgan fingerprint density at radius 3 is 2.50 bits per heavy atom. The van der Waals surface area contributed by atoms with Gasteiger partial charge < -0.3 is 9.47 Å². The Kier molecular flexibility index (Phi) is 5.43. The molecule has 0 fully saturated rings. The molecule has 0 aromatic heterocycles. The number of ketones is 1. The zero-order valence-electron chi connectivity index (χ0n) is 10.3. The number of rotatable bonds is 7. The Bertz CT molecular complexity index is 476. The standard InChI is InChI=1S/C12H11F5O3/c1-19-10-3-2-7(4-8(10)13)9(18)5-20-6-12(16,17)11(14)15/h2-4,11H,5-6H2,1H3. The average molecular weight is 298 g/mol. The van der Waals surface area contributed by atoms with E-state index in [1.807, 2.05) is 0 Å². The molecule has 20 heavy (non-hydrogen) atoms. The first kappa shape index (κ1) is 16.4. The van der Waals surface area contributed by atoms with Gasteiger partial charge in [-0.3, -0.25) is 4.79 Å². The summed E-state index contributed by atoms with van der Waals surface area (Å²) in [5, 5.41) is 0. The molecule has 0 unspecified atom stereocenters. The summed E-state index contributed by atoms with van der Waals surface area (Å²) in [7, 11) is 1.23. The monoisotopic (exact) mass is 298 g/mol. The van der Waals surface area contributed by atoms with Gasteiger partial charge in [-0.15, -0.1) is 0 Å². The number of ether oxygens (including phenoxy) is 2. The first-order valence-electron chi connectivity index (χ1n) is 5.38. The molecule has 0 aliphatic carbocycles. The van der Waals surface area contributed by atoms with Gasteiger partial charge in [0.05, 0.1) is 7.11 Å². The fourth-order valence-electron chi connectivity index (χ4n) is 1.27. The summed E-state index contributed by atoms with van der Waals surface area (Å²) in [6.07, 6.45) is -3.88. The normalized spacial score (nSPS) is 11.8. The summed E-state index contributed by atoms with van der Waals surface area (Å²) in [4.78, 5) is 11.5. The molecule has 0 saturated carbocycles. The van der Waals surface area contributed by atoms with Crippen molar-refractivity contribution in [3.05, 3.63) is 29.6 Å². The Balaban J connectivity index is 2.58. The molecule has 0 aliphatic rings. The van der Waals surface area contributed by atoms with Crippen molar-refractivity contribution >= 4 is 5.78 Å². The number of methoxy groups -OCH3 is 1. The number of alkyl halides is 4. The van der Waals surface area contributed by atoms with E-state index in [4.69, 9.17) is 0 Å². The fraction of sp³-hybridized carbons (Fsp3) is 0.417. The molecule has 0 atom stereocenters. The lowest BCUT2D eigenvalue weighted by molar-refractivity contribution is -0.163. The van der Waals surface area contributed by atoms with E-state index in [1.54, 1.807) is 0 Å². The first-order chi connectivity index (χ1) is 9.27. The van der Waals surface area contributed by atoms with Gasteiger partial charge in [0.2, 0.25) is 0 Å². The van der Waals surface area contributed by atoms with E-state index in [9.17, 15) is 26.7 Å². The lowest BCUT2D eigenvalue weighted by Crippen LogP contribution is -2.33. The van der Waals surface area contributed by atoms with Gasteiger partial charge in [-0.05, 0) is 18.2 Å². The highest BCUT2D eigenvalue weighted by atomic mass is 19.3. The van der Waals surface area contributed by atoms with E-state index >= 15 is 0 Å². The van der Waals surface area contributed by atoms with Crippen LogP contribution in [0.3, 0.4) is 0 Å². The van der Waals surface area contributed by atoms with Gasteiger partial charge in [0.25, 0.3) is 0 Å². The first-order valence-corrected chi connectivity index (χ1v) is 5.38. The van der Waals surface area contributed by atoms with E-state index in [2.05, 4.69) is 9.47 Å². The molecule has 0 amide bonds. The van der Waals surface area contributed by atoms with Crippen molar-refractivity contribution in [2.24, 2.45) is 0 Å². The number of benzene rings is 1. The van der Waals surface area contributed by atoms with Gasteiger partial charge in [0, 0.05) is 5.56 Å². The molecule has 0 heterocycles. The average Bonchev–Trinajstić information content (AvgIpc) is 2.38. The minimum atomic E-state index is -4.33. The molecule has 0 spiro atoms. The molecule has 3 nitrogen and oxygen atoms in total. The van der Waals surface area contributed by atoms with Crippen LogP contribution in [0.25, 0.3) is 0 Å². The molecule has 112 valence electrons. The third-order valence-corrected chi connectivity index (χ3v) is 2.32. The molecule has 1 rings (SSSR count). The molecule has 0 N–H and O–H groups in total. The summed E-state index contributed by atoms with van der Waals surface area (Å²) in [6.45, 7) is -2.44. The van der Waals surface area contributed by atoms with Gasteiger partial charge in [0.1, 0.15) is 13.2 Å². The summed E-state index contributed by atoms with van der Waals surface area (Å²) in [5.74, 6) is -6.04. The number of halogens is 5. The van der Waals surface area contributed by atoms with Gasteiger partial charge in [0.15, 0.2) is 17.3 Å². The van der Waals surface area contributed by atoms with Gasteiger partial charge in [-0.25, -0.2) is 13.2 Å². The third kappa shape index (κ3) is 4.16. The van der Waals surface area contributed by atoms with Crippen molar-refractivity contribution in [2.75, 3.05) is 20.3 Å². The third-order valence-electron chi connectivity index (χ3n) is 2.32. The Labute approximate surface area is 111 Å². The number of carbonyl (C=O) groups is 1. The van der Waals surface area contributed by atoms with Crippen LogP contribution in [0, 0.1) is 5.82 Å². The van der Waals surface area contributed by atoms with Crippen LogP contribution in [0.15, 0.2) is 18.2 Å². The minimum Gasteiger partial charge on any atom is -0.494 e. The van der Waals surface area contributed by atoms with Crippen LogP contribution in [0.1, 0.15) is 10.4 Å². The second kappa shape index (κ2) is 6.65. The molecular formula is C12H11F5O3. The number of carbonyl (C=O) groups excluding carboxylic acids is 1. The van der Waals surface area contributed by atoms with Crippen molar-refractivity contribution in [1.82, 2.24) is 0 Å². The fourth-order valence-corrected chi connectivity index (χ4v) is 1.27. The quantitative estimate of drug-likeness (QED) is 0.573. The van der Waals surface area contributed by atoms with Crippen molar-refractivity contribution < 1.29 is 36.2 Å². The van der Waals surface area contributed by atoms with E-state index in [0.717, 1.165) is 6.07 Å². The number of hydrogen-bond acceptors (Lipinski definition) is 3. The van der Waals surface area contributed by atoms with E-state index in [0.29, 0.717) is 0 Å². The smallest absolute Gasteiger partial charge is 0.330 e. The molecule has 1 aromatic carbocycles. The summed E-state index contributed by atoms with van der Waals surface area (Å²) in [5.41, 5.74) is -0.135. The number of Topliss-reactive ketones (excluding diaryl/α,β-unsaturated/α-hetero) is 1. The van der Waals surface area contributed by atoms with Gasteiger partial charge in [-0.2, -0.15) is 8.78 Å². The van der Waals surface area contributed by atoms with Crippen LogP contribution in [0.5, 0.6) is 5.75 Å². The SMILES string of the molecule is COc1ccc(C(=O)COCC(F)(F)C(F)F)cc1F. The lowest BCUT2D eigenvalue weighted by Gasteiger charge is -2.14. The molecule has 1 aromatic rings. The van der Waals surface area contributed by atoms with E-state index in [-0.39, 0.29) is 11.3 Å².